The lowest BCUT2D eigenvalue weighted by atomic mass is 9.85. The molecule has 1 saturated carbocycles. The summed E-state index contributed by atoms with van der Waals surface area (Å²) < 4.78 is 5.00. The molecule has 1 aliphatic heterocycles. The van der Waals surface area contributed by atoms with Gasteiger partial charge in [0.1, 0.15) is 6.04 Å². The number of imide groups is 1. The Balaban J connectivity index is 1.40. The summed E-state index contributed by atoms with van der Waals surface area (Å²) in [4.78, 5) is 61.2. The van der Waals surface area contributed by atoms with E-state index in [1.165, 1.54) is 25.1 Å². The number of nitro groups is 1. The summed E-state index contributed by atoms with van der Waals surface area (Å²) in [5.74, 6) is -3.00. The topological polar surface area (TPSA) is 124 Å². The number of non-ortho nitro benzene ring substituents is 1. The molecule has 2 amide bonds. The molecule has 150 valence electrons. The number of esters is 1. The number of allylic oxidation sites excluding steroid dienone is 2. The third-order valence-electron chi connectivity index (χ3n) is 5.96. The van der Waals surface area contributed by atoms with Crippen LogP contribution < -0.4 is 0 Å². The van der Waals surface area contributed by atoms with Gasteiger partial charge in [0, 0.05) is 17.7 Å². The van der Waals surface area contributed by atoms with Gasteiger partial charge >= 0.3 is 5.97 Å². The summed E-state index contributed by atoms with van der Waals surface area (Å²) >= 11 is 0. The SMILES string of the molecule is C[C@H](C(=O)OCC(=O)c1cccc([N+](=O)[O-])c1)N1C(=O)[C@H]2[C@H](C1=O)[C@H]1C=C[C@H]2C1. The minimum absolute atomic E-state index is 0.0325. The van der Waals surface area contributed by atoms with Crippen LogP contribution in [0.5, 0.6) is 0 Å². The largest absolute Gasteiger partial charge is 0.456 e. The van der Waals surface area contributed by atoms with E-state index < -0.39 is 41.2 Å². The van der Waals surface area contributed by atoms with Gasteiger partial charge in [-0.15, -0.1) is 0 Å². The number of likely N-dealkylation sites (tertiary alicyclic amines) is 1. The van der Waals surface area contributed by atoms with Crippen molar-refractivity contribution < 1.29 is 28.8 Å². The summed E-state index contributed by atoms with van der Waals surface area (Å²) in [7, 11) is 0. The van der Waals surface area contributed by atoms with Crippen molar-refractivity contribution in [2.45, 2.75) is 19.4 Å². The summed E-state index contributed by atoms with van der Waals surface area (Å²) in [6, 6.07) is 3.94. The first-order valence-electron chi connectivity index (χ1n) is 9.29. The first-order valence-corrected chi connectivity index (χ1v) is 9.29. The van der Waals surface area contributed by atoms with E-state index in [1.54, 1.807) is 0 Å². The van der Waals surface area contributed by atoms with Crippen LogP contribution in [0.15, 0.2) is 36.4 Å². The Kier molecular flexibility index (Phi) is 4.52. The minimum atomic E-state index is -1.14. The number of nitrogens with zero attached hydrogens (tertiary/aromatic N) is 2. The lowest BCUT2D eigenvalue weighted by Gasteiger charge is -2.23. The lowest BCUT2D eigenvalue weighted by Crippen LogP contribution is -2.45. The van der Waals surface area contributed by atoms with Crippen molar-refractivity contribution in [1.82, 2.24) is 4.90 Å². The molecule has 9 nitrogen and oxygen atoms in total. The molecule has 2 aliphatic carbocycles. The number of hydrogen-bond acceptors (Lipinski definition) is 7. The second kappa shape index (κ2) is 6.91. The first-order chi connectivity index (χ1) is 13.8. The molecule has 4 rings (SSSR count). The summed E-state index contributed by atoms with van der Waals surface area (Å²) in [5.41, 5.74) is -0.219. The molecule has 1 aromatic rings. The van der Waals surface area contributed by atoms with Crippen LogP contribution in [0, 0.1) is 33.8 Å². The number of amides is 2. The normalized spacial score (nSPS) is 27.8. The predicted molar refractivity (Wildman–Crippen MR) is 97.4 cm³/mol. The van der Waals surface area contributed by atoms with E-state index >= 15 is 0 Å². The van der Waals surface area contributed by atoms with Crippen LogP contribution in [-0.4, -0.2) is 46.0 Å². The molecule has 0 radical (unpaired) electrons. The monoisotopic (exact) mass is 398 g/mol. The molecular formula is C20H18N2O7. The highest BCUT2D eigenvalue weighted by Crippen LogP contribution is 2.52. The molecular weight excluding hydrogens is 380 g/mol. The maximum absolute atomic E-state index is 12.7. The maximum atomic E-state index is 12.7. The van der Waals surface area contributed by atoms with Gasteiger partial charge < -0.3 is 4.74 Å². The van der Waals surface area contributed by atoms with Crippen molar-refractivity contribution in [3.05, 3.63) is 52.1 Å². The molecule has 2 fully saturated rings. The maximum Gasteiger partial charge on any atom is 0.329 e. The average molecular weight is 398 g/mol. The molecule has 1 saturated heterocycles. The molecule has 0 unspecified atom stereocenters. The molecule has 5 atom stereocenters. The number of nitro benzene ring substituents is 1. The number of hydrogen-bond donors (Lipinski definition) is 0. The van der Waals surface area contributed by atoms with Gasteiger partial charge in [-0.05, 0) is 25.2 Å². The lowest BCUT2D eigenvalue weighted by molar-refractivity contribution is -0.384. The number of rotatable bonds is 6. The molecule has 1 aromatic carbocycles. The van der Waals surface area contributed by atoms with Crippen LogP contribution in [0.2, 0.25) is 0 Å². The fourth-order valence-electron chi connectivity index (χ4n) is 4.55. The Morgan fingerprint density at radius 3 is 2.41 bits per heavy atom. The second-order valence-corrected chi connectivity index (χ2v) is 7.56. The zero-order valence-electron chi connectivity index (χ0n) is 15.5. The van der Waals surface area contributed by atoms with Crippen LogP contribution in [0.3, 0.4) is 0 Å². The highest BCUT2D eigenvalue weighted by atomic mass is 16.6. The molecule has 3 aliphatic rings. The van der Waals surface area contributed by atoms with Gasteiger partial charge in [0.25, 0.3) is 5.69 Å². The van der Waals surface area contributed by atoms with Gasteiger partial charge in [0.15, 0.2) is 6.61 Å². The van der Waals surface area contributed by atoms with Crippen LogP contribution in [0.25, 0.3) is 0 Å². The fourth-order valence-corrected chi connectivity index (χ4v) is 4.55. The Hall–Kier alpha value is -3.36. The van der Waals surface area contributed by atoms with Gasteiger partial charge in [0.05, 0.1) is 16.8 Å². The highest BCUT2D eigenvalue weighted by Gasteiger charge is 2.60. The van der Waals surface area contributed by atoms with Crippen molar-refractivity contribution in [3.8, 4) is 0 Å². The number of carbonyl (C=O) groups excluding carboxylic acids is 4. The van der Waals surface area contributed by atoms with E-state index in [-0.39, 0.29) is 34.9 Å². The van der Waals surface area contributed by atoms with Crippen LogP contribution in [0.4, 0.5) is 5.69 Å². The van der Waals surface area contributed by atoms with Crippen molar-refractivity contribution in [2.24, 2.45) is 23.7 Å². The van der Waals surface area contributed by atoms with E-state index in [0.29, 0.717) is 0 Å². The fraction of sp³-hybridized carbons (Fsp3) is 0.400. The molecule has 0 spiro atoms. The van der Waals surface area contributed by atoms with E-state index in [2.05, 4.69) is 0 Å². The molecule has 0 N–H and O–H groups in total. The zero-order valence-corrected chi connectivity index (χ0v) is 15.5. The second-order valence-electron chi connectivity index (χ2n) is 7.56. The smallest absolute Gasteiger partial charge is 0.329 e. The number of Topliss-reactive ketones (excluding diaryl/α,β-unsaturated/α-hetero) is 1. The first kappa shape index (κ1) is 19.0. The van der Waals surface area contributed by atoms with Crippen LogP contribution in [-0.2, 0) is 19.1 Å². The number of benzene rings is 1. The van der Waals surface area contributed by atoms with Crippen molar-refractivity contribution in [3.63, 3.8) is 0 Å². The van der Waals surface area contributed by atoms with Crippen LogP contribution in [0.1, 0.15) is 23.7 Å². The standard InChI is InChI=1S/C20H18N2O7/c1-10(21-18(24)16-12-5-6-13(7-12)17(16)19(21)25)20(26)29-9-15(23)11-3-2-4-14(8-11)22(27)28/h2-6,8,10,12-13,16-17H,7,9H2,1H3/t10-,12+,13+,16-,17-/m1/s1. The summed E-state index contributed by atoms with van der Waals surface area (Å²) in [6.45, 7) is 0.757. The van der Waals surface area contributed by atoms with Gasteiger partial charge in [-0.2, -0.15) is 0 Å². The summed E-state index contributed by atoms with van der Waals surface area (Å²) in [6.07, 6.45) is 4.71. The van der Waals surface area contributed by atoms with Gasteiger partial charge in [-0.25, -0.2) is 4.79 Å². The minimum Gasteiger partial charge on any atom is -0.456 e. The quantitative estimate of drug-likeness (QED) is 0.178. The Labute approximate surface area is 165 Å². The average Bonchev–Trinajstić information content (AvgIpc) is 3.39. The third-order valence-corrected chi connectivity index (χ3v) is 5.96. The molecule has 1 heterocycles. The number of carbonyl (C=O) groups is 4. The van der Waals surface area contributed by atoms with E-state index in [0.717, 1.165) is 17.4 Å². The molecule has 0 aromatic heterocycles. The summed E-state index contributed by atoms with van der Waals surface area (Å²) in [5, 5.41) is 10.8. The van der Waals surface area contributed by atoms with Crippen LogP contribution >= 0.6 is 0 Å². The molecule has 2 bridgehead atoms. The number of ketones is 1. The molecule has 29 heavy (non-hydrogen) atoms. The van der Waals surface area contributed by atoms with Gasteiger partial charge in [-0.1, -0.05) is 24.3 Å². The molecule has 9 heteroatoms. The highest BCUT2D eigenvalue weighted by molar-refractivity contribution is 6.09. The van der Waals surface area contributed by atoms with Crippen molar-refractivity contribution in [1.29, 1.82) is 0 Å². The predicted octanol–water partition coefficient (Wildman–Crippen LogP) is 1.52. The Morgan fingerprint density at radius 2 is 1.83 bits per heavy atom. The Bertz CT molecular complexity index is 939. The zero-order chi connectivity index (χ0) is 20.9. The van der Waals surface area contributed by atoms with Gasteiger partial charge in [-0.3, -0.25) is 29.4 Å². The number of fused-ring (bicyclic) bond motifs is 5. The van der Waals surface area contributed by atoms with Crippen molar-refractivity contribution >= 4 is 29.3 Å². The van der Waals surface area contributed by atoms with Gasteiger partial charge in [0.2, 0.25) is 17.6 Å². The Morgan fingerprint density at radius 1 is 1.21 bits per heavy atom. The third kappa shape index (κ3) is 3.02. The van der Waals surface area contributed by atoms with Crippen molar-refractivity contribution in [2.75, 3.05) is 6.61 Å². The number of ether oxygens (including phenoxy) is 1. The van der Waals surface area contributed by atoms with E-state index in [4.69, 9.17) is 4.74 Å². The van der Waals surface area contributed by atoms with E-state index in [1.807, 2.05) is 12.2 Å². The van der Waals surface area contributed by atoms with E-state index in [9.17, 15) is 29.3 Å².